The van der Waals surface area contributed by atoms with Crippen LogP contribution in [0.25, 0.3) is 22.6 Å². The second-order valence-electron chi connectivity index (χ2n) is 8.51. The van der Waals surface area contributed by atoms with E-state index in [1.807, 2.05) is 6.07 Å². The molecule has 0 unspecified atom stereocenters. The fourth-order valence-electron chi connectivity index (χ4n) is 4.52. The number of cyclic esters (lactones) is 1. The number of fused-ring (bicyclic) bond motifs is 3. The Bertz CT molecular complexity index is 1300. The summed E-state index contributed by atoms with van der Waals surface area (Å²) in [4.78, 5) is 28.7. The van der Waals surface area contributed by atoms with Crippen LogP contribution in [0.4, 0.5) is 23.7 Å². The largest absolute Gasteiger partial charge is 0.442 e. The van der Waals surface area contributed by atoms with Crippen molar-refractivity contribution in [2.45, 2.75) is 38.5 Å². The van der Waals surface area contributed by atoms with Crippen LogP contribution < -0.4 is 10.2 Å². The second-order valence-corrected chi connectivity index (χ2v) is 8.51. The number of ether oxygens (including phenoxy) is 1. The van der Waals surface area contributed by atoms with Gasteiger partial charge in [-0.15, -0.1) is 0 Å². The first-order valence-electron chi connectivity index (χ1n) is 11.1. The number of rotatable bonds is 4. The highest BCUT2D eigenvalue weighted by Gasteiger charge is 2.37. The summed E-state index contributed by atoms with van der Waals surface area (Å²) in [7, 11) is 0. The lowest BCUT2D eigenvalue weighted by molar-refractivity contribution is -0.137. The normalized spacial score (nSPS) is 17.4. The molecule has 1 fully saturated rings. The fourth-order valence-corrected chi connectivity index (χ4v) is 4.52. The van der Waals surface area contributed by atoms with E-state index in [1.54, 1.807) is 12.1 Å². The van der Waals surface area contributed by atoms with E-state index in [0.717, 1.165) is 17.3 Å². The summed E-state index contributed by atoms with van der Waals surface area (Å²) in [5, 5.41) is 6.66. The summed E-state index contributed by atoms with van der Waals surface area (Å²) in [5.74, 6) is 0.220. The zero-order valence-corrected chi connectivity index (χ0v) is 18.7. The number of anilines is 1. The molecule has 0 spiro atoms. The maximum atomic E-state index is 13.6. The number of amides is 2. The average molecular weight is 486 g/mol. The lowest BCUT2D eigenvalue weighted by Gasteiger charge is -2.15. The summed E-state index contributed by atoms with van der Waals surface area (Å²) in [5.41, 5.74) is 2.10. The summed E-state index contributed by atoms with van der Waals surface area (Å²) < 4.78 is 51.6. The molecule has 0 saturated carbocycles. The monoisotopic (exact) mass is 486 g/mol. The van der Waals surface area contributed by atoms with E-state index in [4.69, 9.17) is 9.26 Å². The van der Waals surface area contributed by atoms with E-state index < -0.39 is 23.9 Å². The van der Waals surface area contributed by atoms with E-state index in [0.29, 0.717) is 36.3 Å². The van der Waals surface area contributed by atoms with E-state index >= 15 is 0 Å². The van der Waals surface area contributed by atoms with E-state index in [1.165, 1.54) is 24.1 Å². The maximum Gasteiger partial charge on any atom is 0.418 e. The molecule has 2 amide bonds. The van der Waals surface area contributed by atoms with Gasteiger partial charge in [0.2, 0.25) is 5.91 Å². The molecule has 1 aliphatic carbocycles. The number of nitrogens with one attached hydrogen (secondary N) is 1. The summed E-state index contributed by atoms with van der Waals surface area (Å²) in [6.45, 7) is 1.91. The number of alkyl halides is 3. The smallest absolute Gasteiger partial charge is 0.418 e. The van der Waals surface area contributed by atoms with Gasteiger partial charge in [-0.3, -0.25) is 14.7 Å². The van der Waals surface area contributed by atoms with Crippen molar-refractivity contribution in [1.29, 1.82) is 0 Å². The zero-order chi connectivity index (χ0) is 24.7. The lowest BCUT2D eigenvalue weighted by atomic mass is 9.98. The van der Waals surface area contributed by atoms with E-state index in [-0.39, 0.29) is 30.3 Å². The van der Waals surface area contributed by atoms with Crippen molar-refractivity contribution in [1.82, 2.24) is 15.5 Å². The van der Waals surface area contributed by atoms with Gasteiger partial charge in [-0.1, -0.05) is 5.16 Å². The Morgan fingerprint density at radius 3 is 2.83 bits per heavy atom. The first kappa shape index (κ1) is 22.9. The van der Waals surface area contributed by atoms with Crippen LogP contribution in [0.3, 0.4) is 0 Å². The Morgan fingerprint density at radius 2 is 2.06 bits per heavy atom. The van der Waals surface area contributed by atoms with Gasteiger partial charge in [0, 0.05) is 41.7 Å². The Balaban J connectivity index is 1.47. The standard InChI is InChI=1S/C24H21F3N4O4/c1-13(32)29-10-16-12-31(23(33)34-16)15-5-6-17-14(9-15)3-2-4-19-21(30-35-22(17)19)18-7-8-28-11-20(18)24(25,26)27/h5-9,11,16H,2-4,10,12H2,1H3,(H,29,32)/t16-/m0/s1. The van der Waals surface area contributed by atoms with E-state index in [2.05, 4.69) is 15.5 Å². The van der Waals surface area contributed by atoms with Crippen LogP contribution in [-0.4, -0.2) is 41.3 Å². The number of aromatic nitrogens is 2. The van der Waals surface area contributed by atoms with Gasteiger partial charge in [0.15, 0.2) is 5.76 Å². The van der Waals surface area contributed by atoms with Crippen molar-refractivity contribution in [3.8, 4) is 22.6 Å². The molecule has 1 saturated heterocycles. The van der Waals surface area contributed by atoms with Crippen LogP contribution in [0, 0.1) is 0 Å². The number of pyridine rings is 1. The number of carbonyl (C=O) groups excluding carboxylic acids is 2. The van der Waals surface area contributed by atoms with Crippen molar-refractivity contribution < 1.29 is 32.0 Å². The van der Waals surface area contributed by atoms with Gasteiger partial charge in [0.1, 0.15) is 11.8 Å². The minimum atomic E-state index is -4.57. The van der Waals surface area contributed by atoms with Crippen molar-refractivity contribution in [3.05, 3.63) is 53.3 Å². The zero-order valence-electron chi connectivity index (χ0n) is 18.7. The van der Waals surface area contributed by atoms with Crippen molar-refractivity contribution in [3.63, 3.8) is 0 Å². The summed E-state index contributed by atoms with van der Waals surface area (Å²) in [6, 6.07) is 6.69. The molecule has 1 atom stereocenters. The van der Waals surface area contributed by atoms with Gasteiger partial charge < -0.3 is 14.6 Å². The highest BCUT2D eigenvalue weighted by atomic mass is 19.4. The molecular weight excluding hydrogens is 465 g/mol. The van der Waals surface area contributed by atoms with Gasteiger partial charge in [-0.05, 0) is 49.1 Å². The molecule has 3 heterocycles. The molecule has 8 nitrogen and oxygen atoms in total. The van der Waals surface area contributed by atoms with Crippen LogP contribution >= 0.6 is 0 Å². The van der Waals surface area contributed by atoms with Crippen LogP contribution in [0.1, 0.15) is 30.0 Å². The lowest BCUT2D eigenvalue weighted by Crippen LogP contribution is -2.33. The quantitative estimate of drug-likeness (QED) is 0.588. The van der Waals surface area contributed by atoms with Gasteiger partial charge in [-0.25, -0.2) is 4.79 Å². The number of aryl methyl sites for hydroxylation is 1. The number of carbonyl (C=O) groups is 2. The Hall–Kier alpha value is -3.89. The molecule has 35 heavy (non-hydrogen) atoms. The van der Waals surface area contributed by atoms with Crippen LogP contribution in [0.15, 0.2) is 41.2 Å². The molecule has 2 aromatic heterocycles. The maximum absolute atomic E-state index is 13.6. The van der Waals surface area contributed by atoms with Crippen molar-refractivity contribution in [2.75, 3.05) is 18.0 Å². The van der Waals surface area contributed by atoms with Crippen LogP contribution in [-0.2, 0) is 28.5 Å². The van der Waals surface area contributed by atoms with Crippen molar-refractivity contribution in [2.24, 2.45) is 0 Å². The third-order valence-electron chi connectivity index (χ3n) is 6.14. The Morgan fingerprint density at radius 1 is 1.23 bits per heavy atom. The van der Waals surface area contributed by atoms with Gasteiger partial charge in [0.25, 0.3) is 0 Å². The number of benzene rings is 1. The predicted octanol–water partition coefficient (Wildman–Crippen LogP) is 4.37. The molecule has 2 aliphatic rings. The molecule has 0 bridgehead atoms. The summed E-state index contributed by atoms with van der Waals surface area (Å²) in [6.07, 6.45) is -1.64. The number of halogens is 3. The number of hydrogen-bond acceptors (Lipinski definition) is 6. The molecule has 1 aliphatic heterocycles. The molecule has 1 aromatic carbocycles. The van der Waals surface area contributed by atoms with Gasteiger partial charge in [0.05, 0.1) is 18.7 Å². The SMILES string of the molecule is CC(=O)NC[C@H]1CN(c2ccc3c(c2)CCCc2c(-c4ccncc4C(F)(F)F)noc2-3)C(=O)O1. The summed E-state index contributed by atoms with van der Waals surface area (Å²) >= 11 is 0. The van der Waals surface area contributed by atoms with Gasteiger partial charge in [-0.2, -0.15) is 13.2 Å². The predicted molar refractivity (Wildman–Crippen MR) is 118 cm³/mol. The highest BCUT2D eigenvalue weighted by molar-refractivity contribution is 5.91. The minimum Gasteiger partial charge on any atom is -0.442 e. The molecule has 182 valence electrons. The fraction of sp³-hybridized carbons (Fsp3) is 0.333. The van der Waals surface area contributed by atoms with E-state index in [9.17, 15) is 22.8 Å². The minimum absolute atomic E-state index is 0.0670. The Kier molecular flexibility index (Phi) is 5.70. The molecule has 3 aromatic rings. The molecule has 0 radical (unpaired) electrons. The number of hydrogen-bond donors (Lipinski definition) is 1. The highest BCUT2D eigenvalue weighted by Crippen LogP contribution is 2.42. The third kappa shape index (κ3) is 4.33. The molecular formula is C24H21F3N4O4. The third-order valence-corrected chi connectivity index (χ3v) is 6.14. The molecule has 11 heteroatoms. The first-order valence-corrected chi connectivity index (χ1v) is 11.1. The van der Waals surface area contributed by atoms with Gasteiger partial charge >= 0.3 is 12.3 Å². The van der Waals surface area contributed by atoms with Crippen LogP contribution in [0.5, 0.6) is 0 Å². The number of nitrogens with zero attached hydrogens (tertiary/aromatic N) is 3. The van der Waals surface area contributed by atoms with Crippen molar-refractivity contribution >= 4 is 17.7 Å². The molecule has 5 rings (SSSR count). The topological polar surface area (TPSA) is 97.6 Å². The Labute approximate surface area is 198 Å². The molecule has 1 N–H and O–H groups in total. The first-order chi connectivity index (χ1) is 16.7. The second kappa shape index (κ2) is 8.71. The average Bonchev–Trinajstić information content (AvgIpc) is 3.35. The van der Waals surface area contributed by atoms with Crippen LogP contribution in [0.2, 0.25) is 0 Å².